The van der Waals surface area contributed by atoms with Gasteiger partial charge in [0, 0.05) is 28.5 Å². The zero-order valence-corrected chi connectivity index (χ0v) is 28.7. The first kappa shape index (κ1) is 38.0. The van der Waals surface area contributed by atoms with Crippen molar-refractivity contribution < 1.29 is 41.8 Å². The molecule has 1 saturated carbocycles. The number of rotatable bonds is 14. The first-order valence-electron chi connectivity index (χ1n) is 15.8. The minimum Gasteiger partial charge on any atom is -0.467 e. The topological polar surface area (TPSA) is 186 Å². The summed E-state index contributed by atoms with van der Waals surface area (Å²) >= 11 is 6.02. The van der Waals surface area contributed by atoms with Gasteiger partial charge in [-0.05, 0) is 72.5 Å². The lowest BCUT2D eigenvalue weighted by Gasteiger charge is -2.19. The largest absolute Gasteiger partial charge is 0.467 e. The summed E-state index contributed by atoms with van der Waals surface area (Å²) in [7, 11) is 1.09. The second-order valence-electron chi connectivity index (χ2n) is 11.6. The molecular weight excluding hydrogens is 721 g/mol. The number of halogens is 4. The van der Waals surface area contributed by atoms with Crippen LogP contribution in [0.15, 0.2) is 79.4 Å². The molecule has 4 aromatic rings. The molecule has 1 atom stereocenters. The number of aromatic nitrogens is 3. The fraction of sp³-hybridized carbons (Fsp3) is 0.229. The highest BCUT2D eigenvalue weighted by atomic mass is 35.5. The van der Waals surface area contributed by atoms with E-state index in [0.29, 0.717) is 34.8 Å². The molecule has 276 valence electrons. The van der Waals surface area contributed by atoms with E-state index < -0.39 is 60.6 Å². The molecule has 0 saturated heterocycles. The summed E-state index contributed by atoms with van der Waals surface area (Å²) in [4.78, 5) is 62.6. The Morgan fingerprint density at radius 1 is 0.943 bits per heavy atom. The standard InChI is InChI=1S/C35H32ClF3N8O6/c1-3-20-5-4-6-25(17-20)41-29(50)28(49)40-18-26(30(51)52-2)43-27(48)21-7-13-24(14-8-21)42-31-44-32(46-33(45-31)53-19-35(37,38)39)47-34(15-16-34)22-9-11-23(36)12-10-22/h3-14,17,26H,1,15-16,18-19H2,2H3,(H,40,49)(H,41,50)(H,43,48)(H2,42,44,45,46,47)/t26-/m0/s1. The number of amides is 3. The molecule has 0 aliphatic heterocycles. The first-order chi connectivity index (χ1) is 25.3. The lowest BCUT2D eigenvalue weighted by molar-refractivity contribution is -0.154. The maximum atomic E-state index is 13.0. The molecule has 1 heterocycles. The summed E-state index contributed by atoms with van der Waals surface area (Å²) in [6.07, 6.45) is -1.67. The van der Waals surface area contributed by atoms with E-state index in [9.17, 15) is 32.3 Å². The van der Waals surface area contributed by atoms with Crippen LogP contribution in [0.4, 0.5) is 36.4 Å². The van der Waals surface area contributed by atoms with Crippen molar-refractivity contribution in [1.29, 1.82) is 0 Å². The van der Waals surface area contributed by atoms with Gasteiger partial charge >= 0.3 is 30.0 Å². The number of nitrogens with zero attached hydrogens (tertiary/aromatic N) is 3. The minimum atomic E-state index is -4.64. The number of alkyl halides is 3. The highest BCUT2D eigenvalue weighted by Gasteiger charge is 2.45. The van der Waals surface area contributed by atoms with E-state index in [4.69, 9.17) is 21.1 Å². The molecule has 1 aromatic heterocycles. The van der Waals surface area contributed by atoms with E-state index >= 15 is 0 Å². The number of carbonyl (C=O) groups excluding carboxylic acids is 4. The molecule has 5 N–H and O–H groups in total. The van der Waals surface area contributed by atoms with E-state index in [1.807, 2.05) is 12.1 Å². The van der Waals surface area contributed by atoms with Crippen molar-refractivity contribution in [3.8, 4) is 6.01 Å². The molecule has 5 rings (SSSR count). The Morgan fingerprint density at radius 2 is 1.64 bits per heavy atom. The van der Waals surface area contributed by atoms with Gasteiger partial charge < -0.3 is 36.1 Å². The van der Waals surface area contributed by atoms with E-state index in [1.54, 1.807) is 42.5 Å². The fourth-order valence-corrected chi connectivity index (χ4v) is 5.02. The predicted octanol–water partition coefficient (Wildman–Crippen LogP) is 4.98. The highest BCUT2D eigenvalue weighted by molar-refractivity contribution is 6.39. The average Bonchev–Trinajstić information content (AvgIpc) is 3.92. The molecule has 0 spiro atoms. The van der Waals surface area contributed by atoms with Crippen LogP contribution in [0.25, 0.3) is 6.08 Å². The van der Waals surface area contributed by atoms with E-state index in [2.05, 4.69) is 48.1 Å². The van der Waals surface area contributed by atoms with Crippen LogP contribution in [0, 0.1) is 0 Å². The fourth-order valence-electron chi connectivity index (χ4n) is 4.89. The van der Waals surface area contributed by atoms with Crippen molar-refractivity contribution in [2.75, 3.05) is 36.2 Å². The summed E-state index contributed by atoms with van der Waals surface area (Å²) in [5.74, 6) is -3.86. The highest BCUT2D eigenvalue weighted by Crippen LogP contribution is 2.48. The van der Waals surface area contributed by atoms with Crippen molar-refractivity contribution in [2.45, 2.75) is 30.6 Å². The van der Waals surface area contributed by atoms with Crippen LogP contribution in [0.3, 0.4) is 0 Å². The van der Waals surface area contributed by atoms with Crippen LogP contribution in [-0.4, -0.2) is 71.1 Å². The number of anilines is 4. The number of hydrogen-bond acceptors (Lipinski definition) is 11. The normalized spacial score (nSPS) is 13.5. The van der Waals surface area contributed by atoms with Crippen LogP contribution in [0.1, 0.15) is 34.3 Å². The number of nitrogens with one attached hydrogen (secondary N) is 5. The van der Waals surface area contributed by atoms with Gasteiger partial charge in [0.1, 0.15) is 6.04 Å². The second kappa shape index (κ2) is 16.4. The molecule has 18 heteroatoms. The Hall–Kier alpha value is -6.23. The molecule has 1 aliphatic carbocycles. The van der Waals surface area contributed by atoms with Crippen LogP contribution in [0.2, 0.25) is 5.02 Å². The zero-order valence-electron chi connectivity index (χ0n) is 27.9. The lowest BCUT2D eigenvalue weighted by atomic mass is 10.1. The van der Waals surface area contributed by atoms with Crippen molar-refractivity contribution in [3.05, 3.63) is 101 Å². The predicted molar refractivity (Wildman–Crippen MR) is 189 cm³/mol. The number of benzene rings is 3. The van der Waals surface area contributed by atoms with E-state index in [-0.39, 0.29) is 17.5 Å². The Bertz CT molecular complexity index is 1990. The Balaban J connectivity index is 1.23. The van der Waals surface area contributed by atoms with Crippen molar-refractivity contribution in [2.24, 2.45) is 0 Å². The van der Waals surface area contributed by atoms with Gasteiger partial charge in [-0.3, -0.25) is 14.4 Å². The monoisotopic (exact) mass is 752 g/mol. The smallest absolute Gasteiger partial charge is 0.422 e. The van der Waals surface area contributed by atoms with Crippen LogP contribution >= 0.6 is 11.6 Å². The maximum Gasteiger partial charge on any atom is 0.422 e. The summed E-state index contributed by atoms with van der Waals surface area (Å²) in [6.45, 7) is 1.55. The third kappa shape index (κ3) is 10.6. The number of hydrogen-bond donors (Lipinski definition) is 5. The zero-order chi connectivity index (χ0) is 38.2. The molecule has 0 unspecified atom stereocenters. The SMILES string of the molecule is C=Cc1cccc(NC(=O)C(=O)NC[C@H](NC(=O)c2ccc(Nc3nc(NC4(c5ccc(Cl)cc5)CC4)nc(OCC(F)(F)F)n3)cc2)C(=O)OC)c1. The van der Waals surface area contributed by atoms with Crippen LogP contribution < -0.4 is 31.3 Å². The van der Waals surface area contributed by atoms with Gasteiger partial charge in [0.25, 0.3) is 5.91 Å². The third-order valence-corrected chi connectivity index (χ3v) is 7.98. The maximum absolute atomic E-state index is 13.0. The number of carbonyl (C=O) groups is 4. The van der Waals surface area contributed by atoms with Gasteiger partial charge in [0.05, 0.1) is 12.6 Å². The van der Waals surface area contributed by atoms with Gasteiger partial charge in [-0.2, -0.15) is 28.1 Å². The van der Waals surface area contributed by atoms with E-state index in [0.717, 1.165) is 12.7 Å². The molecule has 0 radical (unpaired) electrons. The van der Waals surface area contributed by atoms with Crippen LogP contribution in [-0.2, 0) is 24.7 Å². The summed E-state index contributed by atoms with van der Waals surface area (Å²) in [5.41, 5.74) is 1.81. The van der Waals surface area contributed by atoms with Crippen molar-refractivity contribution in [3.63, 3.8) is 0 Å². The second-order valence-corrected chi connectivity index (χ2v) is 12.1. The molecular formula is C35H32ClF3N8O6. The number of esters is 1. The molecule has 3 aromatic carbocycles. The minimum absolute atomic E-state index is 0.0385. The van der Waals surface area contributed by atoms with Gasteiger partial charge in [0.15, 0.2) is 6.61 Å². The molecule has 53 heavy (non-hydrogen) atoms. The van der Waals surface area contributed by atoms with Gasteiger partial charge in [-0.15, -0.1) is 0 Å². The molecule has 14 nitrogen and oxygen atoms in total. The molecule has 1 aliphatic rings. The quantitative estimate of drug-likeness (QED) is 0.0865. The Kier molecular flexibility index (Phi) is 11.8. The van der Waals surface area contributed by atoms with Gasteiger partial charge in [0.2, 0.25) is 11.9 Å². The molecule has 1 fully saturated rings. The number of methoxy groups -OCH3 is 1. The summed E-state index contributed by atoms with van der Waals surface area (Å²) in [6, 6.07) is 17.4. The summed E-state index contributed by atoms with van der Waals surface area (Å²) in [5, 5.41) is 13.8. The Morgan fingerprint density at radius 3 is 2.28 bits per heavy atom. The van der Waals surface area contributed by atoms with E-state index in [1.165, 1.54) is 24.3 Å². The van der Waals surface area contributed by atoms with Crippen molar-refractivity contribution in [1.82, 2.24) is 25.6 Å². The first-order valence-corrected chi connectivity index (χ1v) is 16.2. The third-order valence-electron chi connectivity index (χ3n) is 7.73. The molecule has 0 bridgehead atoms. The van der Waals surface area contributed by atoms with Crippen molar-refractivity contribution >= 4 is 64.6 Å². The Labute approximate surface area is 305 Å². The summed E-state index contributed by atoms with van der Waals surface area (Å²) < 4.78 is 48.4. The molecule has 3 amide bonds. The van der Waals surface area contributed by atoms with Gasteiger partial charge in [-0.1, -0.05) is 48.5 Å². The average molecular weight is 753 g/mol. The van der Waals surface area contributed by atoms with Crippen LogP contribution in [0.5, 0.6) is 6.01 Å². The number of ether oxygens (including phenoxy) is 2. The van der Waals surface area contributed by atoms with Gasteiger partial charge in [-0.25, -0.2) is 4.79 Å². The lowest BCUT2D eigenvalue weighted by Crippen LogP contribution is -2.50.